The molecule has 2 nitrogen and oxygen atoms in total. The highest BCUT2D eigenvalue weighted by Gasteiger charge is 2.30. The molecular formula is C12H16BrFN2. The molecule has 0 aliphatic carbocycles. The van der Waals surface area contributed by atoms with Crippen LogP contribution < -0.4 is 10.6 Å². The summed E-state index contributed by atoms with van der Waals surface area (Å²) in [5.74, 6) is -0.228. The van der Waals surface area contributed by atoms with Gasteiger partial charge in [0.25, 0.3) is 0 Å². The minimum Gasteiger partial charge on any atom is -0.381 e. The molecule has 1 aliphatic heterocycles. The zero-order valence-corrected chi connectivity index (χ0v) is 11.1. The summed E-state index contributed by atoms with van der Waals surface area (Å²) in [6.07, 6.45) is 2.09. The summed E-state index contributed by atoms with van der Waals surface area (Å²) in [6.45, 7) is 5.18. The lowest BCUT2D eigenvalue weighted by Crippen LogP contribution is -2.46. The highest BCUT2D eigenvalue weighted by Crippen LogP contribution is 2.36. The number of benzene rings is 1. The van der Waals surface area contributed by atoms with Crippen LogP contribution in [0, 0.1) is 5.82 Å². The first-order chi connectivity index (χ1) is 7.60. The van der Waals surface area contributed by atoms with Crippen LogP contribution in [0.15, 0.2) is 16.6 Å². The summed E-state index contributed by atoms with van der Waals surface area (Å²) in [4.78, 5) is 0. The number of hydrogen-bond donors (Lipinski definition) is 2. The minimum absolute atomic E-state index is 0.0876. The van der Waals surface area contributed by atoms with Gasteiger partial charge in [0.2, 0.25) is 0 Å². The summed E-state index contributed by atoms with van der Waals surface area (Å²) in [7, 11) is 0. The van der Waals surface area contributed by atoms with E-state index in [9.17, 15) is 4.39 Å². The lowest BCUT2D eigenvalue weighted by molar-refractivity contribution is 0.451. The van der Waals surface area contributed by atoms with Gasteiger partial charge in [-0.15, -0.1) is 0 Å². The van der Waals surface area contributed by atoms with Crippen molar-refractivity contribution in [1.82, 2.24) is 0 Å². The standard InChI is InChI=1S/C12H16BrFN2/c1-3-12(4-2)7-15-10-6-9(14)8(13)5-11(10)16-12/h5-6,15-16H,3-4,7H2,1-2H3. The van der Waals surface area contributed by atoms with Crippen LogP contribution in [0.2, 0.25) is 0 Å². The van der Waals surface area contributed by atoms with Crippen molar-refractivity contribution in [3.05, 3.63) is 22.4 Å². The Bertz CT molecular complexity index is 402. The minimum atomic E-state index is -0.228. The fourth-order valence-electron chi connectivity index (χ4n) is 2.07. The van der Waals surface area contributed by atoms with E-state index in [1.165, 1.54) is 6.07 Å². The van der Waals surface area contributed by atoms with E-state index in [1.54, 1.807) is 6.07 Å². The third-order valence-electron chi connectivity index (χ3n) is 3.43. The predicted octanol–water partition coefficient (Wildman–Crippen LogP) is 3.98. The van der Waals surface area contributed by atoms with Crippen LogP contribution in [0.5, 0.6) is 0 Å². The zero-order chi connectivity index (χ0) is 11.8. The quantitative estimate of drug-likeness (QED) is 0.859. The Hall–Kier alpha value is -0.770. The molecule has 0 saturated carbocycles. The maximum absolute atomic E-state index is 13.3. The molecule has 4 heteroatoms. The average Bonchev–Trinajstić information content (AvgIpc) is 2.30. The van der Waals surface area contributed by atoms with E-state index < -0.39 is 0 Å². The first kappa shape index (κ1) is 11.7. The SMILES string of the molecule is CCC1(CC)CNc2cc(F)c(Br)cc2N1. The number of rotatable bonds is 2. The molecule has 2 rings (SSSR count). The molecular weight excluding hydrogens is 271 g/mol. The van der Waals surface area contributed by atoms with Crippen LogP contribution in [-0.4, -0.2) is 12.1 Å². The first-order valence-electron chi connectivity index (χ1n) is 5.61. The molecule has 0 bridgehead atoms. The molecule has 1 aliphatic rings. The van der Waals surface area contributed by atoms with E-state index in [2.05, 4.69) is 40.4 Å². The van der Waals surface area contributed by atoms with Crippen molar-refractivity contribution in [2.24, 2.45) is 0 Å². The Morgan fingerprint density at radius 3 is 2.62 bits per heavy atom. The Balaban J connectivity index is 2.36. The van der Waals surface area contributed by atoms with Crippen molar-refractivity contribution < 1.29 is 4.39 Å². The monoisotopic (exact) mass is 286 g/mol. The van der Waals surface area contributed by atoms with E-state index in [0.717, 1.165) is 30.8 Å². The fourth-order valence-corrected chi connectivity index (χ4v) is 2.41. The van der Waals surface area contributed by atoms with Crippen molar-refractivity contribution in [2.75, 3.05) is 17.2 Å². The van der Waals surface area contributed by atoms with E-state index >= 15 is 0 Å². The molecule has 0 saturated heterocycles. The molecule has 0 fully saturated rings. The molecule has 88 valence electrons. The Morgan fingerprint density at radius 1 is 1.31 bits per heavy atom. The number of anilines is 2. The summed E-state index contributed by atoms with van der Waals surface area (Å²) in [6, 6.07) is 3.33. The second kappa shape index (κ2) is 4.24. The van der Waals surface area contributed by atoms with E-state index in [1.807, 2.05) is 0 Å². The van der Waals surface area contributed by atoms with Crippen LogP contribution >= 0.6 is 15.9 Å². The molecule has 1 aromatic carbocycles. The zero-order valence-electron chi connectivity index (χ0n) is 9.53. The van der Waals surface area contributed by atoms with Crippen molar-refractivity contribution in [3.8, 4) is 0 Å². The van der Waals surface area contributed by atoms with Gasteiger partial charge in [-0.05, 0) is 34.8 Å². The summed E-state index contributed by atoms with van der Waals surface area (Å²) >= 11 is 3.21. The number of halogens is 2. The largest absolute Gasteiger partial charge is 0.381 e. The van der Waals surface area contributed by atoms with E-state index in [-0.39, 0.29) is 11.4 Å². The molecule has 0 atom stereocenters. The highest BCUT2D eigenvalue weighted by molar-refractivity contribution is 9.10. The van der Waals surface area contributed by atoms with E-state index in [0.29, 0.717) is 4.47 Å². The molecule has 0 amide bonds. The third kappa shape index (κ3) is 1.90. The normalized spacial score (nSPS) is 17.2. The molecule has 1 heterocycles. The fraction of sp³-hybridized carbons (Fsp3) is 0.500. The number of hydrogen-bond acceptors (Lipinski definition) is 2. The first-order valence-corrected chi connectivity index (χ1v) is 6.40. The Labute approximate surface area is 104 Å². The van der Waals surface area contributed by atoms with Gasteiger partial charge >= 0.3 is 0 Å². The summed E-state index contributed by atoms with van der Waals surface area (Å²) in [5, 5.41) is 6.82. The lowest BCUT2D eigenvalue weighted by atomic mass is 9.90. The van der Waals surface area contributed by atoms with Crippen LogP contribution in [0.3, 0.4) is 0 Å². The van der Waals surface area contributed by atoms with Crippen LogP contribution in [-0.2, 0) is 0 Å². The Kier molecular flexibility index (Phi) is 3.10. The van der Waals surface area contributed by atoms with E-state index in [4.69, 9.17) is 0 Å². The maximum atomic E-state index is 13.3. The van der Waals surface area contributed by atoms with Gasteiger partial charge in [-0.25, -0.2) is 4.39 Å². The lowest BCUT2D eigenvalue weighted by Gasteiger charge is -2.39. The van der Waals surface area contributed by atoms with Gasteiger partial charge in [0, 0.05) is 12.6 Å². The second-order valence-electron chi connectivity index (χ2n) is 4.28. The maximum Gasteiger partial charge on any atom is 0.139 e. The molecule has 0 radical (unpaired) electrons. The van der Waals surface area contributed by atoms with Crippen LogP contribution in [0.1, 0.15) is 26.7 Å². The van der Waals surface area contributed by atoms with Gasteiger partial charge in [-0.2, -0.15) is 0 Å². The molecule has 0 unspecified atom stereocenters. The number of nitrogens with one attached hydrogen (secondary N) is 2. The van der Waals surface area contributed by atoms with Crippen LogP contribution in [0.4, 0.5) is 15.8 Å². The topological polar surface area (TPSA) is 24.1 Å². The molecule has 1 aromatic rings. The van der Waals surface area contributed by atoms with Gasteiger partial charge in [0.1, 0.15) is 5.82 Å². The number of fused-ring (bicyclic) bond motifs is 1. The van der Waals surface area contributed by atoms with Gasteiger partial charge in [0.15, 0.2) is 0 Å². The van der Waals surface area contributed by atoms with Crippen LogP contribution in [0.25, 0.3) is 0 Å². The van der Waals surface area contributed by atoms with Gasteiger partial charge in [-0.3, -0.25) is 0 Å². The van der Waals surface area contributed by atoms with Gasteiger partial charge in [-0.1, -0.05) is 13.8 Å². The Morgan fingerprint density at radius 2 is 2.00 bits per heavy atom. The van der Waals surface area contributed by atoms with Crippen molar-refractivity contribution >= 4 is 27.3 Å². The second-order valence-corrected chi connectivity index (χ2v) is 5.13. The molecule has 16 heavy (non-hydrogen) atoms. The molecule has 0 spiro atoms. The average molecular weight is 287 g/mol. The van der Waals surface area contributed by atoms with Gasteiger partial charge < -0.3 is 10.6 Å². The highest BCUT2D eigenvalue weighted by atomic mass is 79.9. The van der Waals surface area contributed by atoms with Crippen molar-refractivity contribution in [1.29, 1.82) is 0 Å². The van der Waals surface area contributed by atoms with Gasteiger partial charge in [0.05, 0.1) is 21.4 Å². The molecule has 0 aromatic heterocycles. The predicted molar refractivity (Wildman–Crippen MR) is 69.5 cm³/mol. The van der Waals surface area contributed by atoms with Crippen molar-refractivity contribution in [2.45, 2.75) is 32.2 Å². The summed E-state index contributed by atoms with van der Waals surface area (Å²) < 4.78 is 13.9. The molecule has 2 N–H and O–H groups in total. The smallest absolute Gasteiger partial charge is 0.139 e. The van der Waals surface area contributed by atoms with Crippen molar-refractivity contribution in [3.63, 3.8) is 0 Å². The summed E-state index contributed by atoms with van der Waals surface area (Å²) in [5.41, 5.74) is 1.91. The third-order valence-corrected chi connectivity index (χ3v) is 4.04.